The molecule has 3 aromatic rings. The van der Waals surface area contributed by atoms with Crippen molar-refractivity contribution in [3.8, 4) is 11.8 Å². The lowest BCUT2D eigenvalue weighted by Crippen LogP contribution is -2.10. The Kier molecular flexibility index (Phi) is 12.1. The van der Waals surface area contributed by atoms with Crippen LogP contribution in [0.1, 0.15) is 95.7 Å². The van der Waals surface area contributed by atoms with Crippen LogP contribution in [-0.4, -0.2) is 0 Å². The van der Waals surface area contributed by atoms with E-state index in [-0.39, 0.29) is 16.2 Å². The molecule has 0 aromatic heterocycles. The van der Waals surface area contributed by atoms with E-state index >= 15 is 0 Å². The third-order valence-corrected chi connectivity index (χ3v) is 5.40. The number of hydrogen-bond acceptors (Lipinski definition) is 0. The summed E-state index contributed by atoms with van der Waals surface area (Å²) in [5.41, 5.74) is 8.35. The molecule has 3 rings (SSSR count). The molecule has 0 fully saturated rings. The highest BCUT2D eigenvalue weighted by Gasteiger charge is 2.12. The maximum absolute atomic E-state index is 3.21. The van der Waals surface area contributed by atoms with Gasteiger partial charge in [0.2, 0.25) is 0 Å². The molecule has 0 spiro atoms. The van der Waals surface area contributed by atoms with E-state index in [0.717, 1.165) is 5.56 Å². The van der Waals surface area contributed by atoms with Crippen LogP contribution in [-0.2, 0) is 5.41 Å². The average molecular weight is 495 g/mol. The summed E-state index contributed by atoms with van der Waals surface area (Å²) in [5.74, 6) is 6.37. The quantitative estimate of drug-likeness (QED) is 0.295. The van der Waals surface area contributed by atoms with Crippen LogP contribution in [0.15, 0.2) is 78.9 Å². The van der Waals surface area contributed by atoms with Gasteiger partial charge in [-0.2, -0.15) is 0 Å². The topological polar surface area (TPSA) is 0 Å². The molecule has 0 aliphatic rings. The number of rotatable bonds is 1. The first kappa shape index (κ1) is 32.0. The number of benzene rings is 3. The second-order valence-electron chi connectivity index (χ2n) is 13.1. The largest absolute Gasteiger partial charge is 0.0920 e. The van der Waals surface area contributed by atoms with Gasteiger partial charge in [0.05, 0.1) is 0 Å². The van der Waals surface area contributed by atoms with Crippen molar-refractivity contribution in [2.45, 2.75) is 88.5 Å². The highest BCUT2D eigenvalue weighted by molar-refractivity contribution is 5.50. The summed E-state index contributed by atoms with van der Waals surface area (Å²) in [4.78, 5) is 0. The van der Waals surface area contributed by atoms with Crippen LogP contribution in [0.25, 0.3) is 6.08 Å². The summed E-state index contributed by atoms with van der Waals surface area (Å²) in [6.45, 7) is 26.0. The maximum Gasteiger partial charge on any atom is 0.0245 e. The van der Waals surface area contributed by atoms with Gasteiger partial charge >= 0.3 is 0 Å². The molecule has 37 heavy (non-hydrogen) atoms. The van der Waals surface area contributed by atoms with E-state index < -0.39 is 0 Å². The molecule has 0 atom stereocenters. The van der Waals surface area contributed by atoms with E-state index in [1.165, 1.54) is 27.8 Å². The number of hydrogen-bond donors (Lipinski definition) is 0. The smallest absolute Gasteiger partial charge is 0.0245 e. The van der Waals surface area contributed by atoms with Crippen LogP contribution >= 0.6 is 0 Å². The summed E-state index contributed by atoms with van der Waals surface area (Å²) < 4.78 is 0. The van der Waals surface area contributed by atoms with Gasteiger partial charge in [0, 0.05) is 11.0 Å². The Bertz CT molecular complexity index is 1140. The van der Waals surface area contributed by atoms with Crippen molar-refractivity contribution in [3.05, 3.63) is 112 Å². The number of aryl methyl sites for hydroxylation is 3. The first-order valence-corrected chi connectivity index (χ1v) is 13.4. The van der Waals surface area contributed by atoms with Gasteiger partial charge in [-0.05, 0) is 75.6 Å². The molecule has 0 radical (unpaired) electrons. The van der Waals surface area contributed by atoms with Crippen LogP contribution in [0.2, 0.25) is 0 Å². The minimum Gasteiger partial charge on any atom is -0.0920 e. The predicted molar refractivity (Wildman–Crippen MR) is 167 cm³/mol. The van der Waals surface area contributed by atoms with Crippen LogP contribution < -0.4 is 0 Å². The lowest BCUT2D eigenvalue weighted by Gasteiger charge is -2.18. The van der Waals surface area contributed by atoms with Crippen molar-refractivity contribution in [3.63, 3.8) is 0 Å². The molecular formula is C37H50. The van der Waals surface area contributed by atoms with Crippen molar-refractivity contribution in [1.82, 2.24) is 0 Å². The van der Waals surface area contributed by atoms with E-state index in [2.05, 4.69) is 180 Å². The highest BCUT2D eigenvalue weighted by atomic mass is 14.2. The van der Waals surface area contributed by atoms with Crippen LogP contribution in [0.3, 0.4) is 0 Å². The molecule has 0 bridgehead atoms. The third kappa shape index (κ3) is 15.6. The highest BCUT2D eigenvalue weighted by Crippen LogP contribution is 2.21. The summed E-state index contributed by atoms with van der Waals surface area (Å²) in [6.07, 6.45) is 4.41. The molecule has 0 N–H and O–H groups in total. The van der Waals surface area contributed by atoms with E-state index in [1.54, 1.807) is 0 Å². The molecule has 0 aliphatic heterocycles. The van der Waals surface area contributed by atoms with Crippen molar-refractivity contribution in [2.75, 3.05) is 0 Å². The molecule has 3 aromatic carbocycles. The van der Waals surface area contributed by atoms with Gasteiger partial charge in [-0.3, -0.25) is 0 Å². The minimum atomic E-state index is 0.0882. The average Bonchev–Trinajstić information content (AvgIpc) is 2.78. The van der Waals surface area contributed by atoms with Crippen molar-refractivity contribution in [1.29, 1.82) is 0 Å². The SMILES string of the molecule is Cc1ccc(C#CC(C)(C)C)cc1.Cc1ccc(C(C)(C)C)cc1.Cc1ccc(C=CC(C)(C)C)cc1. The Balaban J connectivity index is 0.000000279. The fourth-order valence-corrected chi connectivity index (χ4v) is 2.97. The molecule has 0 heteroatoms. The second kappa shape index (κ2) is 14.0. The van der Waals surface area contributed by atoms with Crippen molar-refractivity contribution < 1.29 is 0 Å². The Morgan fingerprint density at radius 3 is 1.32 bits per heavy atom. The van der Waals surface area contributed by atoms with Gasteiger partial charge in [0.15, 0.2) is 0 Å². The van der Waals surface area contributed by atoms with E-state index in [9.17, 15) is 0 Å². The van der Waals surface area contributed by atoms with Gasteiger partial charge < -0.3 is 0 Å². The normalized spacial score (nSPS) is 11.5. The summed E-state index contributed by atoms with van der Waals surface area (Å²) in [7, 11) is 0. The van der Waals surface area contributed by atoms with Crippen molar-refractivity contribution >= 4 is 6.08 Å². The number of allylic oxidation sites excluding steroid dienone is 1. The maximum atomic E-state index is 3.21. The second-order valence-corrected chi connectivity index (χ2v) is 13.1. The first-order chi connectivity index (χ1) is 16.9. The zero-order valence-electron chi connectivity index (χ0n) is 25.6. The Labute approximate surface area is 229 Å². The fraction of sp³-hybridized carbons (Fsp3) is 0.405. The Hall–Kier alpha value is -3.04. The molecule has 0 heterocycles. The lowest BCUT2D eigenvalue weighted by atomic mass is 9.87. The van der Waals surface area contributed by atoms with Gasteiger partial charge in [-0.25, -0.2) is 0 Å². The van der Waals surface area contributed by atoms with Crippen LogP contribution in [0.4, 0.5) is 0 Å². The fourth-order valence-electron chi connectivity index (χ4n) is 2.97. The predicted octanol–water partition coefficient (Wildman–Crippen LogP) is 10.7. The first-order valence-electron chi connectivity index (χ1n) is 13.4. The summed E-state index contributed by atoms with van der Waals surface area (Å²) >= 11 is 0. The van der Waals surface area contributed by atoms with Gasteiger partial charge in [0.1, 0.15) is 0 Å². The van der Waals surface area contributed by atoms with Gasteiger partial charge in [-0.15, -0.1) is 0 Å². The van der Waals surface area contributed by atoms with Gasteiger partial charge in [-0.1, -0.05) is 143 Å². The zero-order chi connectivity index (χ0) is 28.3. The molecule has 0 saturated heterocycles. The van der Waals surface area contributed by atoms with E-state index in [0.29, 0.717) is 0 Å². The molecule has 0 amide bonds. The summed E-state index contributed by atoms with van der Waals surface area (Å²) in [6, 6.07) is 25.6. The standard InChI is InChI=1S/C13H18.C13H16.C11H16/c2*1-11-5-7-12(8-6-11)9-10-13(2,3)4;1-9-5-7-10(8-6-9)11(2,3)4/h5-10H,1-4H3;5-8H,1-4H3;5-8H,1-4H3. The third-order valence-electron chi connectivity index (χ3n) is 5.40. The Morgan fingerprint density at radius 2 is 0.946 bits per heavy atom. The molecule has 198 valence electrons. The van der Waals surface area contributed by atoms with Gasteiger partial charge in [0.25, 0.3) is 0 Å². The van der Waals surface area contributed by atoms with E-state index in [4.69, 9.17) is 0 Å². The monoisotopic (exact) mass is 494 g/mol. The van der Waals surface area contributed by atoms with Crippen LogP contribution in [0, 0.1) is 43.4 Å². The zero-order valence-corrected chi connectivity index (χ0v) is 25.6. The molecule has 0 saturated carbocycles. The van der Waals surface area contributed by atoms with Crippen LogP contribution in [0.5, 0.6) is 0 Å². The van der Waals surface area contributed by atoms with E-state index in [1.807, 2.05) is 0 Å². The lowest BCUT2D eigenvalue weighted by molar-refractivity contribution is 0.547. The molecule has 0 nitrogen and oxygen atoms in total. The molecule has 0 unspecified atom stereocenters. The summed E-state index contributed by atoms with van der Waals surface area (Å²) in [5, 5.41) is 0. The minimum absolute atomic E-state index is 0.0882. The Morgan fingerprint density at radius 1 is 0.541 bits per heavy atom. The molecule has 0 aliphatic carbocycles. The van der Waals surface area contributed by atoms with Crippen molar-refractivity contribution in [2.24, 2.45) is 10.8 Å². The molecular weight excluding hydrogens is 444 g/mol.